The van der Waals surface area contributed by atoms with Crippen molar-refractivity contribution in [3.05, 3.63) is 58.6 Å². The monoisotopic (exact) mass is 409 g/mol. The predicted molar refractivity (Wildman–Crippen MR) is 105 cm³/mol. The summed E-state index contributed by atoms with van der Waals surface area (Å²) in [4.78, 5) is 4.39. The molecule has 6 heteroatoms. The molecule has 0 saturated heterocycles. The Morgan fingerprint density at radius 1 is 1.00 bits per heavy atom. The van der Waals surface area contributed by atoms with Crippen LogP contribution in [0.4, 0.5) is 5.82 Å². The second kappa shape index (κ2) is 7.46. The molecule has 3 aromatic rings. The van der Waals surface area contributed by atoms with E-state index >= 15 is 0 Å². The van der Waals surface area contributed by atoms with Gasteiger partial charge in [0.25, 0.3) is 0 Å². The number of nitriles is 1. The number of pyridine rings is 1. The van der Waals surface area contributed by atoms with Gasteiger partial charge >= 0.3 is 0 Å². The van der Waals surface area contributed by atoms with E-state index in [2.05, 4.69) is 27.0 Å². The van der Waals surface area contributed by atoms with Gasteiger partial charge in [-0.15, -0.1) is 0 Å². The number of nitrogens with two attached hydrogens (primary N) is 1. The standard InChI is InChI=1S/C20H16BrN3O2/c1-25-14-6-3-12(4-7-14)18-10-15(16(11-22)20(23)24-18)13-5-8-19(26-2)17(21)9-13/h3-10H,1-2H3,(H2,23,24). The van der Waals surface area contributed by atoms with Crippen molar-refractivity contribution in [2.45, 2.75) is 0 Å². The highest BCUT2D eigenvalue weighted by molar-refractivity contribution is 9.10. The summed E-state index contributed by atoms with van der Waals surface area (Å²) in [6.07, 6.45) is 0. The Labute approximate surface area is 160 Å². The second-order valence-electron chi connectivity index (χ2n) is 5.50. The maximum atomic E-state index is 9.54. The number of anilines is 1. The lowest BCUT2D eigenvalue weighted by molar-refractivity contribution is 0.412. The molecule has 0 aliphatic heterocycles. The molecule has 1 heterocycles. The Balaban J connectivity index is 2.16. The smallest absolute Gasteiger partial charge is 0.142 e. The zero-order valence-corrected chi connectivity index (χ0v) is 15.9. The van der Waals surface area contributed by atoms with E-state index in [9.17, 15) is 5.26 Å². The molecule has 2 aromatic carbocycles. The van der Waals surface area contributed by atoms with Gasteiger partial charge in [-0.1, -0.05) is 6.07 Å². The summed E-state index contributed by atoms with van der Waals surface area (Å²) in [5.74, 6) is 1.67. The molecule has 0 atom stereocenters. The summed E-state index contributed by atoms with van der Waals surface area (Å²) < 4.78 is 11.3. The first-order valence-electron chi connectivity index (χ1n) is 7.76. The third kappa shape index (κ3) is 3.35. The maximum absolute atomic E-state index is 9.54. The summed E-state index contributed by atoms with van der Waals surface area (Å²) in [7, 11) is 3.22. The van der Waals surface area contributed by atoms with Crippen molar-refractivity contribution in [3.8, 4) is 40.0 Å². The first-order chi connectivity index (χ1) is 12.6. The number of hydrogen-bond acceptors (Lipinski definition) is 5. The van der Waals surface area contributed by atoms with Gasteiger partial charge in [0.05, 0.1) is 24.4 Å². The van der Waals surface area contributed by atoms with Gasteiger partial charge in [0, 0.05) is 11.1 Å². The molecule has 0 bridgehead atoms. The third-order valence-corrected chi connectivity index (χ3v) is 4.63. The molecular weight excluding hydrogens is 394 g/mol. The molecular formula is C20H16BrN3O2. The van der Waals surface area contributed by atoms with Crippen LogP contribution in [-0.4, -0.2) is 19.2 Å². The van der Waals surface area contributed by atoms with E-state index in [0.29, 0.717) is 22.6 Å². The van der Waals surface area contributed by atoms with Gasteiger partial charge in [-0.05, 0) is 64.0 Å². The van der Waals surface area contributed by atoms with Crippen LogP contribution in [-0.2, 0) is 0 Å². The van der Waals surface area contributed by atoms with E-state index in [4.69, 9.17) is 15.2 Å². The van der Waals surface area contributed by atoms with E-state index in [1.54, 1.807) is 14.2 Å². The minimum atomic E-state index is 0.197. The molecule has 0 spiro atoms. The molecule has 0 unspecified atom stereocenters. The molecule has 0 radical (unpaired) electrons. The summed E-state index contributed by atoms with van der Waals surface area (Å²) >= 11 is 3.48. The van der Waals surface area contributed by atoms with Gasteiger partial charge in [-0.25, -0.2) is 4.98 Å². The van der Waals surface area contributed by atoms with Gasteiger partial charge in [-0.2, -0.15) is 5.26 Å². The largest absolute Gasteiger partial charge is 0.497 e. The molecule has 2 N–H and O–H groups in total. The average Bonchev–Trinajstić information content (AvgIpc) is 2.67. The first-order valence-corrected chi connectivity index (χ1v) is 8.55. The Hall–Kier alpha value is -3.04. The maximum Gasteiger partial charge on any atom is 0.142 e. The van der Waals surface area contributed by atoms with Crippen LogP contribution < -0.4 is 15.2 Å². The fraction of sp³-hybridized carbons (Fsp3) is 0.100. The average molecular weight is 410 g/mol. The Bertz CT molecular complexity index is 995. The van der Waals surface area contributed by atoms with Crippen LogP contribution in [0.5, 0.6) is 11.5 Å². The SMILES string of the molecule is COc1ccc(-c2cc(-c3ccc(OC)c(Br)c3)c(C#N)c(N)n2)cc1. The molecule has 0 aliphatic rings. The molecule has 0 saturated carbocycles. The van der Waals surface area contributed by atoms with Crippen molar-refractivity contribution in [2.24, 2.45) is 0 Å². The minimum Gasteiger partial charge on any atom is -0.497 e. The topological polar surface area (TPSA) is 81.2 Å². The molecule has 130 valence electrons. The van der Waals surface area contributed by atoms with Crippen molar-refractivity contribution in [2.75, 3.05) is 20.0 Å². The fourth-order valence-corrected chi connectivity index (χ4v) is 3.19. The van der Waals surface area contributed by atoms with Gasteiger partial charge in [0.1, 0.15) is 28.9 Å². The van der Waals surface area contributed by atoms with Crippen LogP contribution in [0.15, 0.2) is 53.0 Å². The van der Waals surface area contributed by atoms with Gasteiger partial charge < -0.3 is 15.2 Å². The number of halogens is 1. The van der Waals surface area contributed by atoms with E-state index in [-0.39, 0.29) is 5.82 Å². The van der Waals surface area contributed by atoms with Crippen LogP contribution in [0.1, 0.15) is 5.56 Å². The van der Waals surface area contributed by atoms with E-state index in [1.165, 1.54) is 0 Å². The number of hydrogen-bond donors (Lipinski definition) is 1. The lowest BCUT2D eigenvalue weighted by Crippen LogP contribution is -2.00. The quantitative estimate of drug-likeness (QED) is 0.677. The molecule has 26 heavy (non-hydrogen) atoms. The molecule has 0 amide bonds. The van der Waals surface area contributed by atoms with Crippen LogP contribution in [0.3, 0.4) is 0 Å². The molecule has 1 aromatic heterocycles. The molecule has 0 aliphatic carbocycles. The number of nitrogens with zero attached hydrogens (tertiary/aromatic N) is 2. The van der Waals surface area contributed by atoms with Crippen LogP contribution in [0.25, 0.3) is 22.4 Å². The van der Waals surface area contributed by atoms with Crippen molar-refractivity contribution >= 4 is 21.7 Å². The summed E-state index contributed by atoms with van der Waals surface area (Å²) in [5, 5.41) is 9.54. The number of aromatic nitrogens is 1. The minimum absolute atomic E-state index is 0.197. The molecule has 0 fully saturated rings. The number of nitrogen functional groups attached to an aromatic ring is 1. The number of ether oxygens (including phenoxy) is 2. The highest BCUT2D eigenvalue weighted by Crippen LogP contribution is 2.35. The zero-order chi connectivity index (χ0) is 18.7. The Kier molecular flexibility index (Phi) is 5.10. The lowest BCUT2D eigenvalue weighted by atomic mass is 9.98. The second-order valence-corrected chi connectivity index (χ2v) is 6.36. The summed E-state index contributed by atoms with van der Waals surface area (Å²) in [6.45, 7) is 0. The van der Waals surface area contributed by atoms with Crippen LogP contribution >= 0.6 is 15.9 Å². The normalized spacial score (nSPS) is 10.2. The fourth-order valence-electron chi connectivity index (χ4n) is 2.65. The van der Waals surface area contributed by atoms with Gasteiger partial charge in [0.2, 0.25) is 0 Å². The number of benzene rings is 2. The molecule has 5 nitrogen and oxygen atoms in total. The summed E-state index contributed by atoms with van der Waals surface area (Å²) in [6, 6.07) is 17.2. The molecule has 3 rings (SSSR count). The highest BCUT2D eigenvalue weighted by atomic mass is 79.9. The third-order valence-electron chi connectivity index (χ3n) is 4.01. The van der Waals surface area contributed by atoms with E-state index in [0.717, 1.165) is 21.3 Å². The Morgan fingerprint density at radius 2 is 1.69 bits per heavy atom. The number of rotatable bonds is 4. The predicted octanol–water partition coefficient (Wildman–Crippen LogP) is 4.65. The zero-order valence-electron chi connectivity index (χ0n) is 14.3. The van der Waals surface area contributed by atoms with Crippen molar-refractivity contribution < 1.29 is 9.47 Å². The highest BCUT2D eigenvalue weighted by Gasteiger charge is 2.14. The van der Waals surface area contributed by atoms with Crippen LogP contribution in [0.2, 0.25) is 0 Å². The summed E-state index contributed by atoms with van der Waals surface area (Å²) in [5.41, 5.74) is 9.54. The van der Waals surface area contributed by atoms with Gasteiger partial charge in [-0.3, -0.25) is 0 Å². The van der Waals surface area contributed by atoms with E-state index in [1.807, 2.05) is 48.5 Å². The van der Waals surface area contributed by atoms with Gasteiger partial charge in [0.15, 0.2) is 0 Å². The van der Waals surface area contributed by atoms with Crippen molar-refractivity contribution in [3.63, 3.8) is 0 Å². The van der Waals surface area contributed by atoms with Crippen LogP contribution in [0, 0.1) is 11.3 Å². The van der Waals surface area contributed by atoms with Crippen molar-refractivity contribution in [1.29, 1.82) is 5.26 Å². The van der Waals surface area contributed by atoms with E-state index < -0.39 is 0 Å². The lowest BCUT2D eigenvalue weighted by Gasteiger charge is -2.12. The first kappa shape index (κ1) is 17.8. The van der Waals surface area contributed by atoms with Crippen molar-refractivity contribution in [1.82, 2.24) is 4.98 Å². The Morgan fingerprint density at radius 3 is 2.27 bits per heavy atom. The number of methoxy groups -OCH3 is 2.